The topological polar surface area (TPSA) is 99.3 Å². The third-order valence-corrected chi connectivity index (χ3v) is 5.57. The summed E-state index contributed by atoms with van der Waals surface area (Å²) in [6, 6.07) is 18.9. The summed E-state index contributed by atoms with van der Waals surface area (Å²) in [6.07, 6.45) is 0. The molecule has 0 fully saturated rings. The first-order chi connectivity index (χ1) is 16.7. The lowest BCUT2D eigenvalue weighted by Crippen LogP contribution is -2.36. The molecule has 182 valence electrons. The predicted molar refractivity (Wildman–Crippen MR) is 140 cm³/mol. The van der Waals surface area contributed by atoms with Crippen LogP contribution in [0.3, 0.4) is 0 Å². The van der Waals surface area contributed by atoms with Crippen molar-refractivity contribution in [2.45, 2.75) is 34.2 Å². The fraction of sp³-hybridized carbons (Fsp3) is 0.250. The molecule has 7 nitrogen and oxygen atoms in total. The van der Waals surface area contributed by atoms with Gasteiger partial charge >= 0.3 is 0 Å². The third-order valence-electron chi connectivity index (χ3n) is 5.57. The van der Waals surface area contributed by atoms with Crippen molar-refractivity contribution in [3.63, 3.8) is 0 Å². The largest absolute Gasteiger partial charge is 0.376 e. The first kappa shape index (κ1) is 25.5. The highest BCUT2D eigenvalue weighted by molar-refractivity contribution is 6.00. The summed E-state index contributed by atoms with van der Waals surface area (Å²) in [5.41, 5.74) is 6.98. The molecule has 0 saturated carbocycles. The van der Waals surface area contributed by atoms with Crippen molar-refractivity contribution in [2.24, 2.45) is 0 Å². The number of rotatable bonds is 9. The van der Waals surface area contributed by atoms with E-state index in [9.17, 15) is 14.4 Å². The molecule has 0 aliphatic heterocycles. The molecular formula is C28H32N4O3. The van der Waals surface area contributed by atoms with E-state index in [2.05, 4.69) is 21.3 Å². The second kappa shape index (κ2) is 11.8. The molecule has 0 atom stereocenters. The molecule has 0 unspecified atom stereocenters. The summed E-state index contributed by atoms with van der Waals surface area (Å²) < 4.78 is 0. The maximum Gasteiger partial charge on any atom is 0.253 e. The van der Waals surface area contributed by atoms with E-state index in [1.54, 1.807) is 24.3 Å². The lowest BCUT2D eigenvalue weighted by atomic mass is 10.1. The standard InChI is InChI=1S/C28H32N4O3/c1-18-9-11-22(12-10-18)15-31-28(35)23-7-5-6-8-24(23)29-16-25(33)30-17-26(34)32-27-20(3)13-19(2)14-21(27)4/h5-14,29H,15-17H2,1-4H3,(H,30,33)(H,31,35)(H,32,34). The van der Waals surface area contributed by atoms with E-state index in [4.69, 9.17) is 0 Å². The van der Waals surface area contributed by atoms with Crippen molar-refractivity contribution in [2.75, 3.05) is 23.7 Å². The molecule has 0 radical (unpaired) electrons. The van der Waals surface area contributed by atoms with Gasteiger partial charge in [-0.05, 0) is 56.5 Å². The lowest BCUT2D eigenvalue weighted by Gasteiger charge is -2.14. The molecule has 0 aromatic heterocycles. The number of anilines is 2. The highest BCUT2D eigenvalue weighted by atomic mass is 16.2. The lowest BCUT2D eigenvalue weighted by molar-refractivity contribution is -0.122. The number of hydrogen-bond acceptors (Lipinski definition) is 4. The second-order valence-corrected chi connectivity index (χ2v) is 8.67. The number of aryl methyl sites for hydroxylation is 4. The minimum Gasteiger partial charge on any atom is -0.376 e. The van der Waals surface area contributed by atoms with Crippen molar-refractivity contribution < 1.29 is 14.4 Å². The Labute approximate surface area is 206 Å². The molecule has 0 aliphatic carbocycles. The van der Waals surface area contributed by atoms with Crippen molar-refractivity contribution in [1.82, 2.24) is 10.6 Å². The fourth-order valence-electron chi connectivity index (χ4n) is 3.80. The molecular weight excluding hydrogens is 440 g/mol. The molecule has 0 saturated heterocycles. The zero-order valence-corrected chi connectivity index (χ0v) is 20.6. The summed E-state index contributed by atoms with van der Waals surface area (Å²) in [5.74, 6) is -0.894. The quantitative estimate of drug-likeness (QED) is 0.378. The number of carbonyl (C=O) groups is 3. The summed E-state index contributed by atoms with van der Waals surface area (Å²) in [7, 11) is 0. The average molecular weight is 473 g/mol. The van der Waals surface area contributed by atoms with Crippen molar-refractivity contribution in [3.8, 4) is 0 Å². The predicted octanol–water partition coefficient (Wildman–Crippen LogP) is 4.02. The van der Waals surface area contributed by atoms with Crippen LogP contribution in [0.5, 0.6) is 0 Å². The van der Waals surface area contributed by atoms with E-state index in [1.807, 2.05) is 64.1 Å². The molecule has 35 heavy (non-hydrogen) atoms. The summed E-state index contributed by atoms with van der Waals surface area (Å²) >= 11 is 0. The maximum atomic E-state index is 12.7. The van der Waals surface area contributed by atoms with Gasteiger partial charge in [0.1, 0.15) is 0 Å². The van der Waals surface area contributed by atoms with Gasteiger partial charge in [-0.25, -0.2) is 0 Å². The summed E-state index contributed by atoms with van der Waals surface area (Å²) in [5, 5.41) is 11.4. The van der Waals surface area contributed by atoms with Crippen LogP contribution in [0.1, 0.15) is 38.2 Å². The minimum atomic E-state index is -0.354. The molecule has 3 aromatic rings. The molecule has 7 heteroatoms. The van der Waals surface area contributed by atoms with Crippen LogP contribution in [0.25, 0.3) is 0 Å². The first-order valence-electron chi connectivity index (χ1n) is 11.5. The van der Waals surface area contributed by atoms with Crippen LogP contribution in [0, 0.1) is 27.7 Å². The number of carbonyl (C=O) groups excluding carboxylic acids is 3. The number of nitrogens with one attached hydrogen (secondary N) is 4. The molecule has 0 aliphatic rings. The van der Waals surface area contributed by atoms with Gasteiger partial charge in [-0.2, -0.15) is 0 Å². The third kappa shape index (κ3) is 7.43. The van der Waals surface area contributed by atoms with Gasteiger partial charge in [-0.15, -0.1) is 0 Å². The van der Waals surface area contributed by atoms with E-state index in [0.717, 1.165) is 33.5 Å². The van der Waals surface area contributed by atoms with Crippen LogP contribution in [-0.4, -0.2) is 30.8 Å². The SMILES string of the molecule is Cc1ccc(CNC(=O)c2ccccc2NCC(=O)NCC(=O)Nc2c(C)cc(C)cc2C)cc1. The number of hydrogen-bond donors (Lipinski definition) is 4. The molecule has 0 bridgehead atoms. The fourth-order valence-corrected chi connectivity index (χ4v) is 3.80. The van der Waals surface area contributed by atoms with E-state index in [0.29, 0.717) is 17.8 Å². The molecule has 0 heterocycles. The highest BCUT2D eigenvalue weighted by Gasteiger charge is 2.13. The van der Waals surface area contributed by atoms with E-state index in [1.165, 1.54) is 0 Å². The van der Waals surface area contributed by atoms with E-state index < -0.39 is 0 Å². The van der Waals surface area contributed by atoms with Crippen LogP contribution in [0.4, 0.5) is 11.4 Å². The van der Waals surface area contributed by atoms with Gasteiger partial charge in [0.15, 0.2) is 0 Å². The number of amides is 3. The van der Waals surface area contributed by atoms with Crippen molar-refractivity contribution in [3.05, 3.63) is 94.0 Å². The van der Waals surface area contributed by atoms with Gasteiger partial charge in [0.05, 0.1) is 18.7 Å². The normalized spacial score (nSPS) is 10.4. The maximum absolute atomic E-state index is 12.7. The Kier molecular flexibility index (Phi) is 8.62. The Bertz CT molecular complexity index is 1200. The van der Waals surface area contributed by atoms with Crippen molar-refractivity contribution in [1.29, 1.82) is 0 Å². The number of benzene rings is 3. The zero-order valence-electron chi connectivity index (χ0n) is 20.6. The molecule has 0 spiro atoms. The summed E-state index contributed by atoms with van der Waals surface area (Å²) in [6.45, 7) is 8.08. The van der Waals surface area contributed by atoms with Gasteiger partial charge in [-0.3, -0.25) is 14.4 Å². The Morgan fingerprint density at radius 1 is 0.714 bits per heavy atom. The van der Waals surface area contributed by atoms with E-state index in [-0.39, 0.29) is 30.8 Å². The number of para-hydroxylation sites is 1. The minimum absolute atomic E-state index is 0.0713. The zero-order chi connectivity index (χ0) is 25.4. The Hall–Kier alpha value is -4.13. The molecule has 3 amide bonds. The van der Waals surface area contributed by atoms with Crippen LogP contribution < -0.4 is 21.3 Å². The second-order valence-electron chi connectivity index (χ2n) is 8.67. The Morgan fingerprint density at radius 2 is 1.37 bits per heavy atom. The van der Waals surface area contributed by atoms with Gasteiger partial charge in [-0.1, -0.05) is 59.7 Å². The molecule has 4 N–H and O–H groups in total. The molecule has 3 aromatic carbocycles. The monoisotopic (exact) mass is 472 g/mol. The first-order valence-corrected chi connectivity index (χ1v) is 11.5. The summed E-state index contributed by atoms with van der Waals surface area (Å²) in [4.78, 5) is 37.4. The van der Waals surface area contributed by atoms with Crippen LogP contribution in [0.15, 0.2) is 60.7 Å². The van der Waals surface area contributed by atoms with Gasteiger partial charge in [0.25, 0.3) is 5.91 Å². The molecule has 3 rings (SSSR count). The van der Waals surface area contributed by atoms with Crippen LogP contribution >= 0.6 is 0 Å². The van der Waals surface area contributed by atoms with Crippen LogP contribution in [-0.2, 0) is 16.1 Å². The van der Waals surface area contributed by atoms with Crippen LogP contribution in [0.2, 0.25) is 0 Å². The Balaban J connectivity index is 1.49. The van der Waals surface area contributed by atoms with E-state index >= 15 is 0 Å². The average Bonchev–Trinajstić information content (AvgIpc) is 2.83. The Morgan fingerprint density at radius 3 is 2.06 bits per heavy atom. The highest BCUT2D eigenvalue weighted by Crippen LogP contribution is 2.21. The van der Waals surface area contributed by atoms with Gasteiger partial charge < -0.3 is 21.3 Å². The van der Waals surface area contributed by atoms with Crippen molar-refractivity contribution >= 4 is 29.1 Å². The smallest absolute Gasteiger partial charge is 0.253 e. The van der Waals surface area contributed by atoms with Gasteiger partial charge in [0.2, 0.25) is 11.8 Å². The van der Waals surface area contributed by atoms with Gasteiger partial charge in [0, 0.05) is 17.9 Å².